The van der Waals surface area contributed by atoms with Gasteiger partial charge in [-0.3, -0.25) is 14.4 Å². The van der Waals surface area contributed by atoms with E-state index in [2.05, 4.69) is 34.6 Å². The van der Waals surface area contributed by atoms with Gasteiger partial charge in [0.15, 0.2) is 0 Å². The molecule has 2 fully saturated rings. The predicted molar refractivity (Wildman–Crippen MR) is 135 cm³/mol. The lowest BCUT2D eigenvalue weighted by Gasteiger charge is -2.44. The van der Waals surface area contributed by atoms with Crippen LogP contribution in [0.25, 0.3) is 0 Å². The molecule has 4 rings (SSSR count). The van der Waals surface area contributed by atoms with Crippen LogP contribution in [-0.4, -0.2) is 82.3 Å². The Balaban J connectivity index is 1.78. The molecule has 4 aliphatic heterocycles. The Bertz CT molecular complexity index is 935. The lowest BCUT2D eigenvalue weighted by Crippen LogP contribution is -2.59. The van der Waals surface area contributed by atoms with Gasteiger partial charge in [0.05, 0.1) is 18.6 Å². The summed E-state index contributed by atoms with van der Waals surface area (Å²) in [5, 5.41) is 9.34. The van der Waals surface area contributed by atoms with Crippen molar-refractivity contribution in [2.45, 2.75) is 90.0 Å². The van der Waals surface area contributed by atoms with Crippen molar-refractivity contribution in [2.75, 3.05) is 26.3 Å². The zero-order chi connectivity index (χ0) is 26.3. The summed E-state index contributed by atoms with van der Waals surface area (Å²) < 4.78 is 12.2. The summed E-state index contributed by atoms with van der Waals surface area (Å²) in [5.41, 5.74) is -1.70. The molecule has 0 aromatic rings. The highest BCUT2D eigenvalue weighted by Crippen LogP contribution is 2.53. The maximum Gasteiger partial charge on any atom is 0.312 e. The van der Waals surface area contributed by atoms with Crippen LogP contribution in [0.3, 0.4) is 0 Å². The first-order valence-electron chi connectivity index (χ1n) is 13.3. The SMILES string of the molecule is CC(C)(C)CC(C)(C)N1CC=C[C@]23O[C@H]4/C=C\CCCOC(=O)[C@H]4[C@H]2C(=O)N(CCCCO)C3C1=O. The Morgan fingerprint density at radius 2 is 1.83 bits per heavy atom. The van der Waals surface area contributed by atoms with E-state index in [0.29, 0.717) is 32.5 Å². The van der Waals surface area contributed by atoms with Crippen molar-refractivity contribution in [3.63, 3.8) is 0 Å². The van der Waals surface area contributed by atoms with Gasteiger partial charge in [-0.15, -0.1) is 0 Å². The van der Waals surface area contributed by atoms with E-state index in [1.54, 1.807) is 4.90 Å². The highest BCUT2D eigenvalue weighted by Gasteiger charge is 2.72. The number of rotatable bonds is 6. The zero-order valence-electron chi connectivity index (χ0n) is 22.4. The lowest BCUT2D eigenvalue weighted by atomic mass is 9.77. The number of esters is 1. The van der Waals surface area contributed by atoms with E-state index in [1.807, 2.05) is 29.2 Å². The Labute approximate surface area is 214 Å². The van der Waals surface area contributed by atoms with Gasteiger partial charge in [-0.1, -0.05) is 45.1 Å². The number of carbonyl (C=O) groups excluding carboxylic acids is 3. The molecule has 0 saturated carbocycles. The number of amides is 2. The van der Waals surface area contributed by atoms with Crippen LogP contribution in [0.15, 0.2) is 24.3 Å². The molecule has 1 spiro atoms. The molecule has 36 heavy (non-hydrogen) atoms. The van der Waals surface area contributed by atoms with Gasteiger partial charge in [0, 0.05) is 25.2 Å². The summed E-state index contributed by atoms with van der Waals surface area (Å²) in [6.07, 6.45) is 10.4. The van der Waals surface area contributed by atoms with Crippen LogP contribution >= 0.6 is 0 Å². The van der Waals surface area contributed by atoms with Gasteiger partial charge in [-0.25, -0.2) is 0 Å². The van der Waals surface area contributed by atoms with Crippen LogP contribution in [0.4, 0.5) is 0 Å². The number of hydrogen-bond acceptors (Lipinski definition) is 6. The smallest absolute Gasteiger partial charge is 0.312 e. The summed E-state index contributed by atoms with van der Waals surface area (Å²) in [7, 11) is 0. The monoisotopic (exact) mass is 502 g/mol. The van der Waals surface area contributed by atoms with Crippen LogP contribution < -0.4 is 0 Å². The van der Waals surface area contributed by atoms with E-state index in [-0.39, 0.29) is 23.8 Å². The first kappa shape index (κ1) is 26.9. The fourth-order valence-electron chi connectivity index (χ4n) is 6.83. The van der Waals surface area contributed by atoms with E-state index in [1.165, 1.54) is 0 Å². The third kappa shape index (κ3) is 4.74. The minimum Gasteiger partial charge on any atom is -0.465 e. The van der Waals surface area contributed by atoms with Crippen LogP contribution in [0.2, 0.25) is 0 Å². The van der Waals surface area contributed by atoms with Crippen molar-refractivity contribution in [3.05, 3.63) is 24.3 Å². The van der Waals surface area contributed by atoms with E-state index in [0.717, 1.165) is 19.3 Å². The molecule has 0 aromatic heterocycles. The molecule has 4 heterocycles. The number of ether oxygens (including phenoxy) is 2. The van der Waals surface area contributed by atoms with Gasteiger partial charge in [-0.2, -0.15) is 0 Å². The van der Waals surface area contributed by atoms with Crippen molar-refractivity contribution < 1.29 is 29.0 Å². The normalized spacial score (nSPS) is 33.8. The molecule has 0 bridgehead atoms. The second-order valence-corrected chi connectivity index (χ2v) is 12.4. The van der Waals surface area contributed by atoms with Crippen LogP contribution in [0.5, 0.6) is 0 Å². The van der Waals surface area contributed by atoms with E-state index in [4.69, 9.17) is 9.47 Å². The molecule has 2 amide bonds. The van der Waals surface area contributed by atoms with Gasteiger partial charge < -0.3 is 24.4 Å². The second-order valence-electron chi connectivity index (χ2n) is 12.4. The standard InChI is InChI=1S/C28H42N2O6/c1-26(2,3)18-27(4,5)30-15-11-13-28-21(20-19(36-28)12-7-6-10-17-35-25(20)34)23(32)29(14-8-9-16-31)22(28)24(30)33/h7,11-13,19-22,31H,6,8-10,14-18H2,1-5H3/b12-7-/t19-,20+,21-,22?,28-/m0/s1. The van der Waals surface area contributed by atoms with Crippen molar-refractivity contribution in [2.24, 2.45) is 17.3 Å². The highest BCUT2D eigenvalue weighted by molar-refractivity contribution is 5.99. The van der Waals surface area contributed by atoms with Gasteiger partial charge >= 0.3 is 5.97 Å². The predicted octanol–water partition coefficient (Wildman–Crippen LogP) is 2.85. The fraction of sp³-hybridized carbons (Fsp3) is 0.750. The van der Waals surface area contributed by atoms with Crippen molar-refractivity contribution in [1.29, 1.82) is 0 Å². The summed E-state index contributed by atoms with van der Waals surface area (Å²) in [6.45, 7) is 11.6. The molecular formula is C28H42N2O6. The van der Waals surface area contributed by atoms with Crippen molar-refractivity contribution >= 4 is 17.8 Å². The number of unbranched alkanes of at least 4 members (excludes halogenated alkanes) is 1. The average Bonchev–Trinajstić information content (AvgIpc) is 3.17. The number of carbonyl (C=O) groups is 3. The van der Waals surface area contributed by atoms with E-state index in [9.17, 15) is 19.5 Å². The van der Waals surface area contributed by atoms with Gasteiger partial charge in [0.1, 0.15) is 17.6 Å². The first-order valence-corrected chi connectivity index (χ1v) is 13.3. The Kier molecular flexibility index (Phi) is 7.41. The molecule has 8 heteroatoms. The number of fused-ring (bicyclic) bond motifs is 2. The number of aliphatic hydroxyl groups excluding tert-OH is 1. The number of cyclic esters (lactones) is 1. The maximum atomic E-state index is 14.4. The van der Waals surface area contributed by atoms with E-state index >= 15 is 0 Å². The number of allylic oxidation sites excluding steroid dienone is 1. The van der Waals surface area contributed by atoms with Gasteiger partial charge in [0.25, 0.3) is 0 Å². The topological polar surface area (TPSA) is 96.4 Å². The molecule has 0 radical (unpaired) electrons. The molecule has 1 N–H and O–H groups in total. The number of aliphatic hydroxyl groups is 1. The van der Waals surface area contributed by atoms with E-state index < -0.39 is 41.1 Å². The summed E-state index contributed by atoms with van der Waals surface area (Å²) in [6, 6.07) is -0.872. The third-order valence-electron chi connectivity index (χ3n) is 7.85. The molecule has 1 unspecified atom stereocenters. The number of nitrogens with zero attached hydrogens (tertiary/aromatic N) is 2. The summed E-state index contributed by atoms with van der Waals surface area (Å²) in [4.78, 5) is 45.1. The van der Waals surface area contributed by atoms with Crippen LogP contribution in [0, 0.1) is 17.3 Å². The molecule has 4 aliphatic rings. The molecule has 0 aromatic carbocycles. The molecule has 0 aliphatic carbocycles. The fourth-order valence-corrected chi connectivity index (χ4v) is 6.83. The van der Waals surface area contributed by atoms with Crippen LogP contribution in [0.1, 0.15) is 66.7 Å². The van der Waals surface area contributed by atoms with Gasteiger partial charge in [0.2, 0.25) is 11.8 Å². The Morgan fingerprint density at radius 3 is 2.53 bits per heavy atom. The molecular weight excluding hydrogens is 460 g/mol. The van der Waals surface area contributed by atoms with Crippen molar-refractivity contribution in [3.8, 4) is 0 Å². The Hall–Kier alpha value is -2.19. The molecule has 8 nitrogen and oxygen atoms in total. The Morgan fingerprint density at radius 1 is 1.08 bits per heavy atom. The average molecular weight is 503 g/mol. The minimum absolute atomic E-state index is 0.00527. The van der Waals surface area contributed by atoms with Crippen molar-refractivity contribution in [1.82, 2.24) is 9.80 Å². The van der Waals surface area contributed by atoms with Gasteiger partial charge in [-0.05, 0) is 51.4 Å². The molecule has 200 valence electrons. The highest BCUT2D eigenvalue weighted by atomic mass is 16.6. The summed E-state index contributed by atoms with van der Waals surface area (Å²) >= 11 is 0. The minimum atomic E-state index is -1.24. The number of hydrogen-bond donors (Lipinski definition) is 1. The molecule has 2 saturated heterocycles. The quantitative estimate of drug-likeness (QED) is 0.341. The van der Waals surface area contributed by atoms with Crippen LogP contribution in [-0.2, 0) is 23.9 Å². The summed E-state index contributed by atoms with van der Waals surface area (Å²) in [5.74, 6) is -2.47. The zero-order valence-corrected chi connectivity index (χ0v) is 22.4. The lowest BCUT2D eigenvalue weighted by molar-refractivity contribution is -0.155. The largest absolute Gasteiger partial charge is 0.465 e. The number of likely N-dealkylation sites (tertiary alicyclic amines) is 1. The first-order chi connectivity index (χ1) is 16.9. The second kappa shape index (κ2) is 9.93. The third-order valence-corrected chi connectivity index (χ3v) is 7.85. The molecule has 5 atom stereocenters. The maximum absolute atomic E-state index is 14.4.